The quantitative estimate of drug-likeness (QED) is 0.442. The van der Waals surface area contributed by atoms with Gasteiger partial charge in [0.2, 0.25) is 0 Å². The summed E-state index contributed by atoms with van der Waals surface area (Å²) in [6.07, 6.45) is 3.97. The van der Waals surface area contributed by atoms with Crippen LogP contribution in [0.25, 0.3) is 0 Å². The second-order valence-corrected chi connectivity index (χ2v) is 10.2. The van der Waals surface area contributed by atoms with Gasteiger partial charge in [0, 0.05) is 51.7 Å². The number of phenols is 1. The smallest absolute Gasteiger partial charge is 0.405 e. The number of anilines is 1. The van der Waals surface area contributed by atoms with Crippen molar-refractivity contribution in [2.45, 2.75) is 64.6 Å². The molecule has 1 aliphatic heterocycles. The van der Waals surface area contributed by atoms with Gasteiger partial charge in [-0.05, 0) is 49.5 Å². The Kier molecular flexibility index (Phi) is 12.9. The van der Waals surface area contributed by atoms with Gasteiger partial charge in [0.05, 0.1) is 18.3 Å². The minimum Gasteiger partial charge on any atom is -0.508 e. The third kappa shape index (κ3) is 8.92. The largest absolute Gasteiger partial charge is 0.508 e. The average Bonchev–Trinajstić information content (AvgIpc) is 2.89. The lowest BCUT2D eigenvalue weighted by Crippen LogP contribution is -2.38. The zero-order valence-electron chi connectivity index (χ0n) is 24.7. The maximum Gasteiger partial charge on any atom is 0.405 e. The van der Waals surface area contributed by atoms with Gasteiger partial charge in [0.25, 0.3) is 5.91 Å². The van der Waals surface area contributed by atoms with Crippen molar-refractivity contribution in [3.8, 4) is 5.75 Å². The van der Waals surface area contributed by atoms with Crippen LogP contribution < -0.4 is 11.1 Å². The van der Waals surface area contributed by atoms with Gasteiger partial charge in [-0.1, -0.05) is 38.2 Å². The van der Waals surface area contributed by atoms with E-state index in [0.29, 0.717) is 28.8 Å². The predicted molar refractivity (Wildman–Crippen MR) is 153 cm³/mol. The molecule has 4 N–H and O–H groups in total. The lowest BCUT2D eigenvalue weighted by Gasteiger charge is -2.33. The Hall–Kier alpha value is -3.18. The molecule has 0 aliphatic carbocycles. The zero-order valence-corrected chi connectivity index (χ0v) is 24.7. The molecule has 0 spiro atoms. The van der Waals surface area contributed by atoms with E-state index in [1.165, 1.54) is 13.2 Å². The topological polar surface area (TPSA) is 139 Å². The van der Waals surface area contributed by atoms with E-state index in [4.69, 9.17) is 29.4 Å². The molecule has 0 unspecified atom stereocenters. The number of carbonyl (C=O) groups is 2. The summed E-state index contributed by atoms with van der Waals surface area (Å²) in [5.74, 6) is -0.563. The minimum atomic E-state index is -0.937. The Morgan fingerprint density at radius 3 is 2.27 bits per heavy atom. The fourth-order valence-electron chi connectivity index (χ4n) is 5.19. The van der Waals surface area contributed by atoms with E-state index in [1.54, 1.807) is 58.6 Å². The summed E-state index contributed by atoms with van der Waals surface area (Å²) in [5, 5.41) is 13.3. The van der Waals surface area contributed by atoms with E-state index in [9.17, 15) is 14.7 Å². The molecule has 1 aromatic rings. The van der Waals surface area contributed by atoms with Gasteiger partial charge in [-0.2, -0.15) is 0 Å². The van der Waals surface area contributed by atoms with Crippen molar-refractivity contribution in [3.05, 3.63) is 59.2 Å². The lowest BCUT2D eigenvalue weighted by atomic mass is 9.86. The number of nitrogens with one attached hydrogen (secondary N) is 1. The highest BCUT2D eigenvalue weighted by Crippen LogP contribution is 2.35. The van der Waals surface area contributed by atoms with Gasteiger partial charge in [-0.15, -0.1) is 0 Å². The summed E-state index contributed by atoms with van der Waals surface area (Å²) in [7, 11) is 6.36. The molecule has 0 saturated carbocycles. The first-order valence-corrected chi connectivity index (χ1v) is 13.2. The van der Waals surface area contributed by atoms with Crippen molar-refractivity contribution in [2.75, 3.05) is 33.8 Å². The van der Waals surface area contributed by atoms with E-state index in [0.717, 1.165) is 0 Å². The van der Waals surface area contributed by atoms with Crippen LogP contribution in [0.2, 0.25) is 0 Å². The fourth-order valence-corrected chi connectivity index (χ4v) is 5.19. The van der Waals surface area contributed by atoms with Crippen LogP contribution in [0, 0.1) is 11.8 Å². The van der Waals surface area contributed by atoms with Crippen molar-refractivity contribution in [1.29, 1.82) is 0 Å². The molecular weight excluding hydrogens is 516 g/mol. The molecule has 0 fully saturated rings. The van der Waals surface area contributed by atoms with Crippen LogP contribution in [0.15, 0.2) is 53.6 Å². The number of ether oxygens (including phenoxy) is 5. The van der Waals surface area contributed by atoms with Crippen LogP contribution in [0.3, 0.4) is 0 Å². The molecule has 7 atom stereocenters. The van der Waals surface area contributed by atoms with Crippen LogP contribution in [0.4, 0.5) is 10.5 Å². The van der Waals surface area contributed by atoms with Crippen molar-refractivity contribution >= 4 is 17.7 Å². The zero-order chi connectivity index (χ0) is 30.0. The molecule has 0 radical (unpaired) electrons. The maximum absolute atomic E-state index is 12.9. The molecule has 0 saturated heterocycles. The minimum absolute atomic E-state index is 0.00481. The maximum atomic E-state index is 12.9. The third-order valence-electron chi connectivity index (χ3n) is 7.15. The van der Waals surface area contributed by atoms with E-state index in [-0.39, 0.29) is 35.7 Å². The van der Waals surface area contributed by atoms with Crippen LogP contribution in [0.5, 0.6) is 5.75 Å². The average molecular weight is 561 g/mol. The number of hydrogen-bond acceptors (Lipinski definition) is 8. The number of phenolic OH excluding ortho intramolecular Hbond substituents is 1. The number of rotatable bonds is 5. The van der Waals surface area contributed by atoms with E-state index in [1.807, 2.05) is 26.8 Å². The van der Waals surface area contributed by atoms with Crippen LogP contribution in [-0.2, 0) is 28.5 Å². The summed E-state index contributed by atoms with van der Waals surface area (Å²) < 4.78 is 28.7. The number of nitrogens with two attached hydrogens (primary N) is 1. The van der Waals surface area contributed by atoms with Crippen molar-refractivity contribution < 1.29 is 38.4 Å². The highest BCUT2D eigenvalue weighted by atomic mass is 16.6. The Labute approximate surface area is 237 Å². The lowest BCUT2D eigenvalue weighted by molar-refractivity contribution is -0.112. The molecule has 1 heterocycles. The monoisotopic (exact) mass is 560 g/mol. The SMILES string of the molecule is CO[C@H]1[C@@H](OC)C[C@H](C)[C@@H](OC)c2cc(O)cc(c2)NC(=O)/C(C)=C/C=C/[C@H](OC)[C@@H](OC(N)=O)/C(C)=C/[C@@H]1C. The first-order valence-electron chi connectivity index (χ1n) is 13.2. The Morgan fingerprint density at radius 2 is 1.70 bits per heavy atom. The summed E-state index contributed by atoms with van der Waals surface area (Å²) in [5.41, 5.74) is 7.66. The van der Waals surface area contributed by atoms with Crippen molar-refractivity contribution in [3.63, 3.8) is 0 Å². The number of methoxy groups -OCH3 is 4. The Balaban J connectivity index is 2.65. The first-order chi connectivity index (χ1) is 18.9. The first kappa shape index (κ1) is 33.0. The van der Waals surface area contributed by atoms with Crippen molar-refractivity contribution in [1.82, 2.24) is 0 Å². The molecular formula is C30H44N2O8. The van der Waals surface area contributed by atoms with Gasteiger partial charge in [-0.25, -0.2) is 4.79 Å². The molecule has 2 amide bonds. The predicted octanol–water partition coefficient (Wildman–Crippen LogP) is 4.65. The molecule has 1 aliphatic rings. The molecule has 0 aromatic heterocycles. The van der Waals surface area contributed by atoms with Gasteiger partial charge >= 0.3 is 6.09 Å². The molecule has 2 rings (SSSR count). The Morgan fingerprint density at radius 1 is 1.00 bits per heavy atom. The molecule has 10 nitrogen and oxygen atoms in total. The van der Waals surface area contributed by atoms with Crippen LogP contribution >= 0.6 is 0 Å². The molecule has 40 heavy (non-hydrogen) atoms. The number of carbonyl (C=O) groups excluding carboxylic acids is 2. The second-order valence-electron chi connectivity index (χ2n) is 10.2. The third-order valence-corrected chi connectivity index (χ3v) is 7.15. The highest BCUT2D eigenvalue weighted by Gasteiger charge is 2.32. The molecule has 10 heteroatoms. The van der Waals surface area contributed by atoms with Gasteiger partial charge < -0.3 is 39.8 Å². The van der Waals surface area contributed by atoms with Crippen LogP contribution in [0.1, 0.15) is 45.8 Å². The summed E-state index contributed by atoms with van der Waals surface area (Å²) in [4.78, 5) is 24.7. The highest BCUT2D eigenvalue weighted by molar-refractivity contribution is 6.03. The summed E-state index contributed by atoms with van der Waals surface area (Å²) in [6, 6.07) is 4.89. The molecule has 1 aromatic carbocycles. The summed E-state index contributed by atoms with van der Waals surface area (Å²) in [6.45, 7) is 7.52. The number of aromatic hydroxyl groups is 1. The standard InChI is InChI=1S/C30H44N2O8/c1-17-10-9-11-24(36-5)28(40-30(31)35)19(3)12-18(2)27(39-8)25(37-6)13-20(4)26(38-7)21-14-22(32-29(17)34)16-23(33)15-21/h9-12,14-16,18,20,24-28,33H,13H2,1-8H3,(H2,31,35)(H,32,34)/b11-9+,17-10+,19-12+/t18-,20-,24-,25-,26+,27+,28-/m0/s1. The van der Waals surface area contributed by atoms with E-state index >= 15 is 0 Å². The number of primary amides is 1. The van der Waals surface area contributed by atoms with E-state index < -0.39 is 24.4 Å². The van der Waals surface area contributed by atoms with Gasteiger partial charge in [0.1, 0.15) is 11.9 Å². The van der Waals surface area contributed by atoms with Crippen molar-refractivity contribution in [2.24, 2.45) is 17.6 Å². The van der Waals surface area contributed by atoms with E-state index in [2.05, 4.69) is 5.32 Å². The Bertz CT molecular complexity index is 1100. The molecule has 222 valence electrons. The van der Waals surface area contributed by atoms with Gasteiger partial charge in [-0.3, -0.25) is 4.79 Å². The number of benzene rings is 1. The number of hydrogen-bond donors (Lipinski definition) is 3. The number of allylic oxidation sites excluding steroid dienone is 2. The van der Waals surface area contributed by atoms with Crippen LogP contribution in [-0.4, -0.2) is 70.0 Å². The summed E-state index contributed by atoms with van der Waals surface area (Å²) >= 11 is 0. The number of amides is 2. The fraction of sp³-hybridized carbons (Fsp3) is 0.533. The van der Waals surface area contributed by atoms with Gasteiger partial charge in [0.15, 0.2) is 6.10 Å². The second kappa shape index (κ2) is 15.6. The number of fused-ring (bicyclic) bond motifs is 2. The molecule has 2 bridgehead atoms. The normalized spacial score (nSPS) is 32.2.